The van der Waals surface area contributed by atoms with Crippen LogP contribution < -0.4 is 51.4 Å². The molecule has 0 aromatic rings. The van der Waals surface area contributed by atoms with E-state index in [9.17, 15) is 26.5 Å². The van der Waals surface area contributed by atoms with Crippen LogP contribution in [0, 0.1) is 5.41 Å². The molecule has 2 fully saturated rings. The molecule has 3 nitrogen and oxygen atoms in total. The SMILES string of the molecule is CC(C)(C)OC(=O)N1CCC2(C1)C([B-](F)(F)F)C2(F)F.[K+]. The summed E-state index contributed by atoms with van der Waals surface area (Å²) in [5.41, 5.74) is -2.95. The third-order valence-corrected chi connectivity index (χ3v) is 3.90. The molecule has 1 spiro atoms. The first-order chi connectivity index (χ1) is 8.81. The normalized spacial score (nSPS) is 31.0. The molecule has 2 aliphatic rings. The van der Waals surface area contributed by atoms with Crippen LogP contribution in [0.5, 0.6) is 0 Å². The van der Waals surface area contributed by atoms with Crippen molar-refractivity contribution in [3.63, 3.8) is 0 Å². The molecule has 1 heterocycles. The van der Waals surface area contributed by atoms with Gasteiger partial charge in [0.2, 0.25) is 5.92 Å². The Morgan fingerprint density at radius 1 is 1.29 bits per heavy atom. The van der Waals surface area contributed by atoms with Gasteiger partial charge >= 0.3 is 64.5 Å². The summed E-state index contributed by atoms with van der Waals surface area (Å²) in [6.45, 7) is -1.54. The van der Waals surface area contributed by atoms with Crippen LogP contribution in [-0.4, -0.2) is 42.6 Å². The second kappa shape index (κ2) is 5.61. The Labute approximate surface area is 162 Å². The molecule has 0 N–H and O–H groups in total. The summed E-state index contributed by atoms with van der Waals surface area (Å²) >= 11 is 0. The van der Waals surface area contributed by atoms with Crippen molar-refractivity contribution in [3.05, 3.63) is 0 Å². The number of carbonyl (C=O) groups excluding carboxylic acids is 1. The predicted molar refractivity (Wildman–Crippen MR) is 62.6 cm³/mol. The molecule has 1 aliphatic carbocycles. The van der Waals surface area contributed by atoms with E-state index >= 15 is 0 Å². The van der Waals surface area contributed by atoms with Crippen LogP contribution >= 0.6 is 0 Å². The summed E-state index contributed by atoms with van der Waals surface area (Å²) in [6, 6.07) is 0. The van der Waals surface area contributed by atoms with E-state index in [4.69, 9.17) is 4.74 Å². The summed E-state index contributed by atoms with van der Waals surface area (Å²) in [5.74, 6) is -6.37. The summed E-state index contributed by atoms with van der Waals surface area (Å²) in [6.07, 6.45) is -1.18. The Morgan fingerprint density at radius 2 is 1.81 bits per heavy atom. The van der Waals surface area contributed by atoms with Crippen LogP contribution in [0.25, 0.3) is 0 Å². The molecular weight excluding hydrogens is 323 g/mol. The van der Waals surface area contributed by atoms with Gasteiger partial charge < -0.3 is 22.6 Å². The molecule has 21 heavy (non-hydrogen) atoms. The maximum atomic E-state index is 13.5. The molecule has 2 unspecified atom stereocenters. The van der Waals surface area contributed by atoms with Crippen LogP contribution in [0.3, 0.4) is 0 Å². The average Bonchev–Trinajstić information content (AvgIpc) is 2.52. The molecule has 0 aromatic carbocycles. The molecule has 0 aromatic heterocycles. The predicted octanol–water partition coefficient (Wildman–Crippen LogP) is 0.484. The molecule has 1 saturated heterocycles. The molecule has 1 saturated carbocycles. The van der Waals surface area contributed by atoms with Gasteiger partial charge in [0.05, 0.1) is 0 Å². The van der Waals surface area contributed by atoms with E-state index in [1.54, 1.807) is 20.8 Å². The van der Waals surface area contributed by atoms with Crippen LogP contribution in [0.2, 0.25) is 5.82 Å². The maximum absolute atomic E-state index is 13.5. The van der Waals surface area contributed by atoms with Crippen LogP contribution in [0.4, 0.5) is 26.5 Å². The molecule has 116 valence electrons. The Hall–Kier alpha value is 0.621. The molecule has 2 atom stereocenters. The first-order valence-corrected chi connectivity index (χ1v) is 6.37. The van der Waals surface area contributed by atoms with Crippen molar-refractivity contribution < 1.29 is 82.6 Å². The van der Waals surface area contributed by atoms with Gasteiger partial charge in [-0.25, -0.2) is 13.6 Å². The summed E-state index contributed by atoms with van der Waals surface area (Å²) < 4.78 is 70.1. The zero-order valence-corrected chi connectivity index (χ0v) is 15.6. The molecule has 10 heteroatoms. The molecular formula is C11H16BF5KNO2. The van der Waals surface area contributed by atoms with Crippen molar-refractivity contribution in [2.45, 2.75) is 44.5 Å². The fraction of sp³-hybridized carbons (Fsp3) is 0.909. The Kier molecular flexibility index (Phi) is 5.25. The Bertz CT molecular complexity index is 439. The quantitative estimate of drug-likeness (QED) is 0.514. The van der Waals surface area contributed by atoms with E-state index in [2.05, 4.69) is 0 Å². The van der Waals surface area contributed by atoms with Gasteiger partial charge in [0.1, 0.15) is 5.60 Å². The monoisotopic (exact) mass is 339 g/mol. The number of hydrogen-bond donors (Lipinski definition) is 0. The summed E-state index contributed by atoms with van der Waals surface area (Å²) in [4.78, 5) is 12.7. The number of carbonyl (C=O) groups is 1. The van der Waals surface area contributed by atoms with Crippen LogP contribution in [0.1, 0.15) is 27.2 Å². The van der Waals surface area contributed by atoms with Gasteiger partial charge in [-0.05, 0) is 27.2 Å². The zero-order chi connectivity index (χ0) is 15.6. The van der Waals surface area contributed by atoms with E-state index in [1.165, 1.54) is 0 Å². The Balaban J connectivity index is 0.00000220. The van der Waals surface area contributed by atoms with Crippen LogP contribution in [-0.2, 0) is 4.74 Å². The van der Waals surface area contributed by atoms with Gasteiger partial charge in [0, 0.05) is 24.3 Å². The number of halogens is 5. The molecule has 1 amide bonds. The zero-order valence-electron chi connectivity index (χ0n) is 12.4. The number of ether oxygens (including phenoxy) is 1. The van der Waals surface area contributed by atoms with Gasteiger partial charge in [-0.1, -0.05) is 0 Å². The maximum Gasteiger partial charge on any atom is 1.00 e. The number of likely N-dealkylation sites (tertiary alicyclic amines) is 1. The van der Waals surface area contributed by atoms with Crippen molar-refractivity contribution in [1.29, 1.82) is 0 Å². The number of hydrogen-bond acceptors (Lipinski definition) is 2. The van der Waals surface area contributed by atoms with E-state index in [-0.39, 0.29) is 64.4 Å². The number of nitrogens with zero attached hydrogens (tertiary/aromatic N) is 1. The van der Waals surface area contributed by atoms with Crippen LogP contribution in [0.15, 0.2) is 0 Å². The standard InChI is InChI=1S/C11H16BF5NO2.K/c1-9(2,3)20-8(19)18-5-4-10(6-18)7(11(10,13)14)12(15,16)17;/h7H,4-6H2,1-3H3;/q-1;+1. The molecule has 1 aliphatic heterocycles. The summed E-state index contributed by atoms with van der Waals surface area (Å²) in [5, 5.41) is 0. The van der Waals surface area contributed by atoms with Gasteiger partial charge in [0.25, 0.3) is 0 Å². The second-order valence-electron chi connectivity index (χ2n) is 6.53. The summed E-state index contributed by atoms with van der Waals surface area (Å²) in [7, 11) is 0. The third-order valence-electron chi connectivity index (χ3n) is 3.90. The Morgan fingerprint density at radius 3 is 2.19 bits per heavy atom. The van der Waals surface area contributed by atoms with E-state index in [0.717, 1.165) is 4.90 Å². The van der Waals surface area contributed by atoms with Crippen molar-refractivity contribution in [3.8, 4) is 0 Å². The van der Waals surface area contributed by atoms with E-state index in [0.29, 0.717) is 0 Å². The van der Waals surface area contributed by atoms with Gasteiger partial charge in [0.15, 0.2) is 0 Å². The minimum Gasteiger partial charge on any atom is -0.449 e. The van der Waals surface area contributed by atoms with Gasteiger partial charge in [-0.15, -0.1) is 0 Å². The second-order valence-corrected chi connectivity index (χ2v) is 6.53. The molecule has 0 bridgehead atoms. The number of amides is 1. The number of rotatable bonds is 1. The van der Waals surface area contributed by atoms with Crippen molar-refractivity contribution in [1.82, 2.24) is 4.90 Å². The topological polar surface area (TPSA) is 29.5 Å². The molecule has 0 radical (unpaired) electrons. The van der Waals surface area contributed by atoms with Gasteiger partial charge in [-0.2, -0.15) is 0 Å². The van der Waals surface area contributed by atoms with Crippen molar-refractivity contribution >= 4 is 13.1 Å². The van der Waals surface area contributed by atoms with E-state index in [1.807, 2.05) is 0 Å². The first-order valence-electron chi connectivity index (χ1n) is 6.37. The van der Waals surface area contributed by atoms with Gasteiger partial charge in [-0.3, -0.25) is 0 Å². The first kappa shape index (κ1) is 19.7. The minimum atomic E-state index is -5.62. The number of alkyl halides is 2. The van der Waals surface area contributed by atoms with Crippen molar-refractivity contribution in [2.24, 2.45) is 5.41 Å². The van der Waals surface area contributed by atoms with E-state index < -0.39 is 42.4 Å². The van der Waals surface area contributed by atoms with Crippen molar-refractivity contribution in [2.75, 3.05) is 13.1 Å². The molecule has 2 rings (SSSR count). The third kappa shape index (κ3) is 3.44. The minimum absolute atomic E-state index is 0. The smallest absolute Gasteiger partial charge is 0.449 e. The fourth-order valence-corrected chi connectivity index (χ4v) is 2.98. The largest absolute Gasteiger partial charge is 1.00 e. The fourth-order valence-electron chi connectivity index (χ4n) is 2.98. The average molecular weight is 339 g/mol.